The molecule has 1 nitrogen and oxygen atoms in total. The van der Waals surface area contributed by atoms with Crippen molar-refractivity contribution in [1.29, 1.82) is 0 Å². The van der Waals surface area contributed by atoms with Crippen molar-refractivity contribution >= 4 is 17.3 Å². The lowest BCUT2D eigenvalue weighted by Gasteiger charge is -2.21. The Labute approximate surface area is 120 Å². The van der Waals surface area contributed by atoms with Crippen molar-refractivity contribution in [2.24, 2.45) is 0 Å². The van der Waals surface area contributed by atoms with Gasteiger partial charge in [-0.15, -0.1) is 0 Å². The highest BCUT2D eigenvalue weighted by Crippen LogP contribution is 2.26. The maximum absolute atomic E-state index is 6.27. The van der Waals surface area contributed by atoms with Gasteiger partial charge < -0.3 is 5.32 Å². The van der Waals surface area contributed by atoms with E-state index in [0.29, 0.717) is 6.04 Å². The smallest absolute Gasteiger partial charge is 0.0640 e. The summed E-state index contributed by atoms with van der Waals surface area (Å²) >= 11 is 6.27. The molecular formula is C17H20ClN. The standard InChI is InChI=1S/C17H20ClN/c1-3-15(12-14-9-5-4-6-10-14)19-17-13(2)8-7-11-16(17)18/h4-11,15,19H,3,12H2,1-2H3. The summed E-state index contributed by atoms with van der Waals surface area (Å²) in [6, 6.07) is 17.0. The lowest BCUT2D eigenvalue weighted by atomic mass is 10.0. The van der Waals surface area contributed by atoms with Gasteiger partial charge in [-0.3, -0.25) is 0 Å². The number of hydrogen-bond donors (Lipinski definition) is 1. The maximum Gasteiger partial charge on any atom is 0.0640 e. The Hall–Kier alpha value is -1.47. The second kappa shape index (κ2) is 6.63. The first kappa shape index (κ1) is 14.0. The average molecular weight is 274 g/mol. The Morgan fingerprint density at radius 2 is 1.79 bits per heavy atom. The first-order valence-electron chi connectivity index (χ1n) is 6.76. The van der Waals surface area contributed by atoms with Crippen LogP contribution in [0.15, 0.2) is 48.5 Å². The van der Waals surface area contributed by atoms with Gasteiger partial charge in [-0.05, 0) is 37.0 Å². The lowest BCUT2D eigenvalue weighted by Crippen LogP contribution is -2.22. The third kappa shape index (κ3) is 3.74. The normalized spacial score (nSPS) is 12.2. The van der Waals surface area contributed by atoms with Gasteiger partial charge in [-0.2, -0.15) is 0 Å². The van der Waals surface area contributed by atoms with Crippen LogP contribution in [0.3, 0.4) is 0 Å². The highest BCUT2D eigenvalue weighted by atomic mass is 35.5. The van der Waals surface area contributed by atoms with Gasteiger partial charge in [0.05, 0.1) is 10.7 Å². The molecule has 19 heavy (non-hydrogen) atoms. The summed E-state index contributed by atoms with van der Waals surface area (Å²) in [6.07, 6.45) is 2.08. The van der Waals surface area contributed by atoms with E-state index in [9.17, 15) is 0 Å². The minimum atomic E-state index is 0.404. The van der Waals surface area contributed by atoms with Crippen molar-refractivity contribution in [1.82, 2.24) is 0 Å². The second-order valence-corrected chi connectivity index (χ2v) is 5.28. The van der Waals surface area contributed by atoms with Gasteiger partial charge in [0.15, 0.2) is 0 Å². The lowest BCUT2D eigenvalue weighted by molar-refractivity contribution is 0.690. The Bertz CT molecular complexity index is 502. The summed E-state index contributed by atoms with van der Waals surface area (Å²) in [4.78, 5) is 0. The molecule has 0 spiro atoms. The molecule has 1 unspecified atom stereocenters. The van der Waals surface area contributed by atoms with Gasteiger partial charge in [0.25, 0.3) is 0 Å². The van der Waals surface area contributed by atoms with Gasteiger partial charge in [0.1, 0.15) is 0 Å². The molecule has 2 rings (SSSR count). The zero-order valence-corrected chi connectivity index (χ0v) is 12.2. The van der Waals surface area contributed by atoms with E-state index in [-0.39, 0.29) is 0 Å². The molecule has 0 aliphatic rings. The second-order valence-electron chi connectivity index (χ2n) is 4.87. The number of anilines is 1. The molecule has 100 valence electrons. The van der Waals surface area contributed by atoms with Gasteiger partial charge >= 0.3 is 0 Å². The van der Waals surface area contributed by atoms with Crippen molar-refractivity contribution in [3.05, 3.63) is 64.7 Å². The van der Waals surface area contributed by atoms with Crippen LogP contribution in [-0.2, 0) is 6.42 Å². The van der Waals surface area contributed by atoms with Crippen LogP contribution in [0, 0.1) is 6.92 Å². The number of aryl methyl sites for hydroxylation is 1. The molecule has 2 heteroatoms. The highest BCUT2D eigenvalue weighted by molar-refractivity contribution is 6.33. The van der Waals surface area contributed by atoms with Crippen molar-refractivity contribution in [3.8, 4) is 0 Å². The molecule has 1 N–H and O–H groups in total. The summed E-state index contributed by atoms with van der Waals surface area (Å²) in [5.41, 5.74) is 3.61. The van der Waals surface area contributed by atoms with Gasteiger partial charge in [-0.1, -0.05) is 61.0 Å². The molecule has 0 fully saturated rings. The molecule has 0 radical (unpaired) electrons. The van der Waals surface area contributed by atoms with E-state index in [0.717, 1.165) is 23.6 Å². The van der Waals surface area contributed by atoms with E-state index in [1.165, 1.54) is 11.1 Å². The minimum absolute atomic E-state index is 0.404. The van der Waals surface area contributed by atoms with E-state index in [1.54, 1.807) is 0 Å². The fraction of sp³-hybridized carbons (Fsp3) is 0.294. The summed E-state index contributed by atoms with van der Waals surface area (Å²) in [6.45, 7) is 4.29. The monoisotopic (exact) mass is 273 g/mol. The number of benzene rings is 2. The molecule has 2 aromatic carbocycles. The van der Waals surface area contributed by atoms with E-state index in [2.05, 4.69) is 55.6 Å². The molecule has 0 bridgehead atoms. The number of rotatable bonds is 5. The van der Waals surface area contributed by atoms with E-state index in [4.69, 9.17) is 11.6 Å². The van der Waals surface area contributed by atoms with Crippen LogP contribution in [0.4, 0.5) is 5.69 Å². The summed E-state index contributed by atoms with van der Waals surface area (Å²) in [5, 5.41) is 4.38. The predicted octanol–water partition coefficient (Wildman–Crippen LogP) is 5.08. The van der Waals surface area contributed by atoms with Crippen LogP contribution in [0.5, 0.6) is 0 Å². The third-order valence-corrected chi connectivity index (χ3v) is 3.70. The topological polar surface area (TPSA) is 12.0 Å². The van der Waals surface area contributed by atoms with Gasteiger partial charge in [0, 0.05) is 6.04 Å². The number of halogens is 1. The van der Waals surface area contributed by atoms with E-state index >= 15 is 0 Å². The minimum Gasteiger partial charge on any atom is -0.381 e. The molecule has 0 aliphatic heterocycles. The molecule has 0 saturated carbocycles. The summed E-state index contributed by atoms with van der Waals surface area (Å²) in [7, 11) is 0. The average Bonchev–Trinajstić information content (AvgIpc) is 2.43. The summed E-state index contributed by atoms with van der Waals surface area (Å²) in [5.74, 6) is 0. The van der Waals surface area contributed by atoms with Crippen LogP contribution in [0.1, 0.15) is 24.5 Å². The maximum atomic E-state index is 6.27. The van der Waals surface area contributed by atoms with Gasteiger partial charge in [0.2, 0.25) is 0 Å². The van der Waals surface area contributed by atoms with Crippen molar-refractivity contribution < 1.29 is 0 Å². The van der Waals surface area contributed by atoms with Crippen LogP contribution in [-0.4, -0.2) is 6.04 Å². The molecule has 1 atom stereocenters. The fourth-order valence-corrected chi connectivity index (χ4v) is 2.49. The zero-order chi connectivity index (χ0) is 13.7. The van der Waals surface area contributed by atoms with Crippen LogP contribution in [0.25, 0.3) is 0 Å². The first-order chi connectivity index (χ1) is 9.20. The molecule has 0 saturated heterocycles. The molecule has 0 aromatic heterocycles. The Balaban J connectivity index is 2.11. The highest BCUT2D eigenvalue weighted by Gasteiger charge is 2.10. The molecule has 0 aliphatic carbocycles. The largest absolute Gasteiger partial charge is 0.381 e. The van der Waals surface area contributed by atoms with Crippen LogP contribution >= 0.6 is 11.6 Å². The Morgan fingerprint density at radius 3 is 2.42 bits per heavy atom. The van der Waals surface area contributed by atoms with Crippen molar-refractivity contribution in [2.75, 3.05) is 5.32 Å². The number of para-hydroxylation sites is 1. The SMILES string of the molecule is CCC(Cc1ccccc1)Nc1c(C)cccc1Cl. The van der Waals surface area contributed by atoms with Crippen molar-refractivity contribution in [2.45, 2.75) is 32.7 Å². The van der Waals surface area contributed by atoms with E-state index in [1.807, 2.05) is 12.1 Å². The van der Waals surface area contributed by atoms with Gasteiger partial charge in [-0.25, -0.2) is 0 Å². The quantitative estimate of drug-likeness (QED) is 0.801. The number of hydrogen-bond acceptors (Lipinski definition) is 1. The summed E-state index contributed by atoms with van der Waals surface area (Å²) < 4.78 is 0. The molecular weight excluding hydrogens is 254 g/mol. The van der Waals surface area contributed by atoms with Crippen LogP contribution < -0.4 is 5.32 Å². The molecule has 0 heterocycles. The molecule has 2 aromatic rings. The van der Waals surface area contributed by atoms with Crippen LogP contribution in [0.2, 0.25) is 5.02 Å². The van der Waals surface area contributed by atoms with E-state index < -0.39 is 0 Å². The Morgan fingerprint density at radius 1 is 1.05 bits per heavy atom. The zero-order valence-electron chi connectivity index (χ0n) is 11.5. The van der Waals surface area contributed by atoms with Crippen molar-refractivity contribution in [3.63, 3.8) is 0 Å². The molecule has 0 amide bonds. The first-order valence-corrected chi connectivity index (χ1v) is 7.14. The third-order valence-electron chi connectivity index (χ3n) is 3.39. The fourth-order valence-electron chi connectivity index (χ4n) is 2.21. The predicted molar refractivity (Wildman–Crippen MR) is 84.0 cm³/mol. The number of nitrogens with one attached hydrogen (secondary N) is 1. The Kier molecular flexibility index (Phi) is 4.86.